The van der Waals surface area contributed by atoms with Crippen LogP contribution in [0.2, 0.25) is 0 Å². The average Bonchev–Trinajstić information content (AvgIpc) is 2.82. The van der Waals surface area contributed by atoms with Crippen molar-refractivity contribution in [2.45, 2.75) is 26.4 Å². The van der Waals surface area contributed by atoms with Gasteiger partial charge in [-0.15, -0.1) is 0 Å². The van der Waals surface area contributed by atoms with Crippen molar-refractivity contribution in [2.24, 2.45) is 14.1 Å². The van der Waals surface area contributed by atoms with E-state index in [2.05, 4.69) is 10.2 Å². The van der Waals surface area contributed by atoms with Gasteiger partial charge in [-0.3, -0.25) is 9.36 Å². The number of aliphatic hydroxyl groups is 1. The fraction of sp³-hybridized carbons (Fsp3) is 0.500. The highest BCUT2D eigenvalue weighted by molar-refractivity contribution is 5.27. The second-order valence-electron chi connectivity index (χ2n) is 4.28. The van der Waals surface area contributed by atoms with Gasteiger partial charge < -0.3 is 5.11 Å². The largest absolute Gasteiger partial charge is 0.380 e. The van der Waals surface area contributed by atoms with Crippen molar-refractivity contribution in [3.8, 4) is 0 Å². The molecule has 1 N–H and O–H groups in total. The van der Waals surface area contributed by atoms with Crippen molar-refractivity contribution >= 4 is 0 Å². The zero-order valence-corrected chi connectivity index (χ0v) is 10.7. The van der Waals surface area contributed by atoms with E-state index in [9.17, 15) is 5.11 Å². The van der Waals surface area contributed by atoms with Crippen LogP contribution in [0.1, 0.15) is 35.7 Å². The molecule has 0 fully saturated rings. The molecule has 0 saturated heterocycles. The Bertz CT molecular complexity index is 507. The maximum atomic E-state index is 10.4. The topological polar surface area (TPSA) is 55.9 Å². The number of aryl methyl sites for hydroxylation is 4. The number of rotatable bonds is 3. The molecule has 5 nitrogen and oxygen atoms in total. The van der Waals surface area contributed by atoms with Crippen LogP contribution in [0.5, 0.6) is 0 Å². The summed E-state index contributed by atoms with van der Waals surface area (Å²) in [4.78, 5) is 0. The average molecular weight is 234 g/mol. The van der Waals surface area contributed by atoms with Crippen molar-refractivity contribution < 1.29 is 5.11 Å². The van der Waals surface area contributed by atoms with Gasteiger partial charge in [-0.25, -0.2) is 0 Å². The predicted molar refractivity (Wildman–Crippen MR) is 64.6 cm³/mol. The van der Waals surface area contributed by atoms with Crippen LogP contribution in [0, 0.1) is 6.92 Å². The van der Waals surface area contributed by atoms with E-state index in [1.54, 1.807) is 15.6 Å². The van der Waals surface area contributed by atoms with Crippen LogP contribution in [0.3, 0.4) is 0 Å². The highest BCUT2D eigenvalue weighted by Gasteiger charge is 2.20. The Hall–Kier alpha value is -1.62. The third-order valence-corrected chi connectivity index (χ3v) is 3.05. The second kappa shape index (κ2) is 4.33. The van der Waals surface area contributed by atoms with Crippen LogP contribution in [0.25, 0.3) is 0 Å². The number of hydrogen-bond acceptors (Lipinski definition) is 3. The lowest BCUT2D eigenvalue weighted by molar-refractivity contribution is 0.199. The van der Waals surface area contributed by atoms with Gasteiger partial charge in [0.2, 0.25) is 0 Å². The molecule has 17 heavy (non-hydrogen) atoms. The van der Waals surface area contributed by atoms with E-state index in [0.717, 1.165) is 29.1 Å². The van der Waals surface area contributed by atoms with Gasteiger partial charge in [-0.1, -0.05) is 6.92 Å². The molecule has 0 aliphatic rings. The van der Waals surface area contributed by atoms with Crippen LogP contribution < -0.4 is 0 Å². The van der Waals surface area contributed by atoms with E-state index in [0.29, 0.717) is 0 Å². The fourth-order valence-electron chi connectivity index (χ4n) is 2.06. The minimum atomic E-state index is -0.680. The Morgan fingerprint density at radius 3 is 2.53 bits per heavy atom. The molecule has 0 amide bonds. The highest BCUT2D eigenvalue weighted by Crippen LogP contribution is 2.24. The molecule has 0 bridgehead atoms. The smallest absolute Gasteiger partial charge is 0.137 e. The van der Waals surface area contributed by atoms with E-state index < -0.39 is 6.10 Å². The molecule has 0 aliphatic heterocycles. The van der Waals surface area contributed by atoms with E-state index in [4.69, 9.17) is 0 Å². The van der Waals surface area contributed by atoms with E-state index in [1.165, 1.54) is 0 Å². The molecule has 0 aromatic carbocycles. The molecule has 1 unspecified atom stereocenters. The second-order valence-corrected chi connectivity index (χ2v) is 4.28. The lowest BCUT2D eigenvalue weighted by atomic mass is 10.1. The van der Waals surface area contributed by atoms with Gasteiger partial charge in [0.05, 0.1) is 23.3 Å². The molecule has 0 aliphatic carbocycles. The summed E-state index contributed by atoms with van der Waals surface area (Å²) in [6, 6.07) is 1.94. The van der Waals surface area contributed by atoms with E-state index in [-0.39, 0.29) is 0 Å². The summed E-state index contributed by atoms with van der Waals surface area (Å²) < 4.78 is 3.44. The zero-order chi connectivity index (χ0) is 12.6. The third kappa shape index (κ3) is 1.98. The highest BCUT2D eigenvalue weighted by atomic mass is 16.3. The van der Waals surface area contributed by atoms with Crippen molar-refractivity contribution in [3.05, 3.63) is 34.9 Å². The molecule has 0 spiro atoms. The Morgan fingerprint density at radius 1 is 1.35 bits per heavy atom. The number of aromatic nitrogens is 4. The number of aliphatic hydroxyl groups excluding tert-OH is 1. The van der Waals surface area contributed by atoms with Gasteiger partial charge in [0, 0.05) is 14.1 Å². The van der Waals surface area contributed by atoms with Crippen LogP contribution in [-0.4, -0.2) is 24.7 Å². The SMILES string of the molecule is CCc1cc(C(O)c2c(C)cnn2C)n(C)n1. The molecular weight excluding hydrogens is 216 g/mol. The summed E-state index contributed by atoms with van der Waals surface area (Å²) >= 11 is 0. The summed E-state index contributed by atoms with van der Waals surface area (Å²) in [5.74, 6) is 0. The zero-order valence-electron chi connectivity index (χ0n) is 10.7. The van der Waals surface area contributed by atoms with Crippen LogP contribution in [0.4, 0.5) is 0 Å². The van der Waals surface area contributed by atoms with Crippen molar-refractivity contribution in [1.82, 2.24) is 19.6 Å². The van der Waals surface area contributed by atoms with E-state index in [1.807, 2.05) is 34.0 Å². The van der Waals surface area contributed by atoms with Gasteiger partial charge in [0.1, 0.15) is 6.10 Å². The van der Waals surface area contributed by atoms with E-state index >= 15 is 0 Å². The molecule has 0 saturated carbocycles. The quantitative estimate of drug-likeness (QED) is 0.865. The summed E-state index contributed by atoms with van der Waals surface area (Å²) in [5, 5.41) is 18.9. The summed E-state index contributed by atoms with van der Waals surface area (Å²) in [6.07, 6.45) is 1.95. The summed E-state index contributed by atoms with van der Waals surface area (Å²) in [7, 11) is 3.69. The van der Waals surface area contributed by atoms with Crippen molar-refractivity contribution in [1.29, 1.82) is 0 Å². The first-order valence-corrected chi connectivity index (χ1v) is 5.74. The van der Waals surface area contributed by atoms with Crippen LogP contribution in [0.15, 0.2) is 12.3 Å². The fourth-order valence-corrected chi connectivity index (χ4v) is 2.06. The number of nitrogens with zero attached hydrogens (tertiary/aromatic N) is 4. The summed E-state index contributed by atoms with van der Waals surface area (Å²) in [6.45, 7) is 4.00. The van der Waals surface area contributed by atoms with Gasteiger partial charge in [0.15, 0.2) is 0 Å². The standard InChI is InChI=1S/C12H18N4O/c1-5-9-6-10(15(3)14-9)12(17)11-8(2)7-13-16(11)4/h6-7,12,17H,5H2,1-4H3. The van der Waals surface area contributed by atoms with Gasteiger partial charge in [0.25, 0.3) is 0 Å². The Labute approximate surface area is 101 Å². The molecule has 92 valence electrons. The van der Waals surface area contributed by atoms with Gasteiger partial charge in [-0.05, 0) is 25.0 Å². The minimum Gasteiger partial charge on any atom is -0.380 e. The first kappa shape index (κ1) is 11.9. The maximum absolute atomic E-state index is 10.4. The molecule has 0 radical (unpaired) electrons. The maximum Gasteiger partial charge on any atom is 0.137 e. The lowest BCUT2D eigenvalue weighted by Crippen LogP contribution is -2.11. The Balaban J connectivity index is 2.43. The lowest BCUT2D eigenvalue weighted by Gasteiger charge is -2.12. The molecular formula is C12H18N4O. The molecule has 2 aromatic rings. The van der Waals surface area contributed by atoms with Gasteiger partial charge >= 0.3 is 0 Å². The monoisotopic (exact) mass is 234 g/mol. The molecule has 2 heterocycles. The predicted octanol–water partition coefficient (Wildman–Crippen LogP) is 1.11. The Morgan fingerprint density at radius 2 is 2.06 bits per heavy atom. The molecule has 2 rings (SSSR count). The van der Waals surface area contributed by atoms with Crippen LogP contribution >= 0.6 is 0 Å². The molecule has 2 aromatic heterocycles. The van der Waals surface area contributed by atoms with Crippen molar-refractivity contribution in [3.63, 3.8) is 0 Å². The van der Waals surface area contributed by atoms with Crippen molar-refractivity contribution in [2.75, 3.05) is 0 Å². The molecule has 5 heteroatoms. The molecule has 1 atom stereocenters. The normalized spacial score (nSPS) is 13.0. The number of hydrogen-bond donors (Lipinski definition) is 1. The minimum absolute atomic E-state index is 0.680. The third-order valence-electron chi connectivity index (χ3n) is 3.05. The van der Waals surface area contributed by atoms with Crippen LogP contribution in [-0.2, 0) is 20.5 Å². The van der Waals surface area contributed by atoms with Gasteiger partial charge in [-0.2, -0.15) is 10.2 Å². The first-order valence-electron chi connectivity index (χ1n) is 5.74. The first-order chi connectivity index (χ1) is 8.04. The Kier molecular flexibility index (Phi) is 3.02. The summed E-state index contributed by atoms with van der Waals surface area (Å²) in [5.41, 5.74) is 3.59.